The second kappa shape index (κ2) is 11.2. The van der Waals surface area contributed by atoms with Crippen LogP contribution in [-0.4, -0.2) is 53.3 Å². The summed E-state index contributed by atoms with van der Waals surface area (Å²) in [5, 5.41) is 0. The molecule has 4 rings (SSSR count). The molecule has 0 bridgehead atoms. The van der Waals surface area contributed by atoms with Crippen molar-refractivity contribution in [2.75, 3.05) is 20.8 Å². The summed E-state index contributed by atoms with van der Waals surface area (Å²) in [4.78, 5) is 2.29. The molecule has 33 heavy (non-hydrogen) atoms. The van der Waals surface area contributed by atoms with E-state index in [1.807, 2.05) is 7.11 Å². The zero-order valence-corrected chi connectivity index (χ0v) is 23.5. The summed E-state index contributed by atoms with van der Waals surface area (Å²) >= 11 is -2.37. The van der Waals surface area contributed by atoms with Gasteiger partial charge in [-0.2, -0.15) is 0 Å². The van der Waals surface area contributed by atoms with Gasteiger partial charge < -0.3 is 0 Å². The Morgan fingerprint density at radius 2 is 1.67 bits per heavy atom. The van der Waals surface area contributed by atoms with Crippen molar-refractivity contribution in [3.05, 3.63) is 87.1 Å². The van der Waals surface area contributed by atoms with Gasteiger partial charge in [0.15, 0.2) is 0 Å². The van der Waals surface area contributed by atoms with Crippen LogP contribution in [0.1, 0.15) is 44.2 Å². The second-order valence-corrected chi connectivity index (χ2v) is 16.4. The van der Waals surface area contributed by atoms with Gasteiger partial charge in [-0.25, -0.2) is 0 Å². The monoisotopic (exact) mass is 547 g/mol. The number of benzene rings is 2. The molecular formula is C28H34InNO3. The van der Waals surface area contributed by atoms with Crippen LogP contribution in [0.3, 0.4) is 0 Å². The number of nitrogens with zero attached hydrogens (tertiary/aromatic N) is 1. The van der Waals surface area contributed by atoms with Gasteiger partial charge in [0.1, 0.15) is 0 Å². The summed E-state index contributed by atoms with van der Waals surface area (Å²) in [5.41, 5.74) is 4.00. The van der Waals surface area contributed by atoms with E-state index in [0.717, 1.165) is 28.6 Å². The normalized spacial score (nSPS) is 17.0. The summed E-state index contributed by atoms with van der Waals surface area (Å²) < 4.78 is 21.3. The van der Waals surface area contributed by atoms with Crippen LogP contribution in [0.2, 0.25) is 0 Å². The van der Waals surface area contributed by atoms with Crippen LogP contribution >= 0.6 is 0 Å². The molecule has 0 radical (unpaired) electrons. The summed E-state index contributed by atoms with van der Waals surface area (Å²) in [6, 6.07) is 17.2. The average molecular weight is 547 g/mol. The van der Waals surface area contributed by atoms with Crippen LogP contribution in [0.5, 0.6) is 11.5 Å². The van der Waals surface area contributed by atoms with E-state index in [9.17, 15) is 0 Å². The van der Waals surface area contributed by atoms with Gasteiger partial charge in [0.25, 0.3) is 0 Å². The van der Waals surface area contributed by atoms with Crippen molar-refractivity contribution in [2.24, 2.45) is 0 Å². The zero-order chi connectivity index (χ0) is 23.2. The molecule has 1 unspecified atom stereocenters. The van der Waals surface area contributed by atoms with Crippen molar-refractivity contribution in [1.82, 2.24) is 4.90 Å². The molecule has 2 aliphatic heterocycles. The quantitative estimate of drug-likeness (QED) is 0.400. The maximum absolute atomic E-state index is 6.24. The second-order valence-electron chi connectivity index (χ2n) is 8.81. The molecule has 5 heteroatoms. The molecule has 0 aliphatic carbocycles. The number of hydrogen-bond donors (Lipinski definition) is 0. The first kappa shape index (κ1) is 23.9. The summed E-state index contributed by atoms with van der Waals surface area (Å²) in [6.07, 6.45) is 10.4. The van der Waals surface area contributed by atoms with Crippen molar-refractivity contribution < 1.29 is 14.2 Å². The van der Waals surface area contributed by atoms with E-state index in [0.29, 0.717) is 0 Å². The fourth-order valence-electron chi connectivity index (χ4n) is 4.76. The predicted molar refractivity (Wildman–Crippen MR) is 136 cm³/mol. The minimum absolute atomic E-state index is 0.0366. The van der Waals surface area contributed by atoms with E-state index in [4.69, 9.17) is 14.2 Å². The third-order valence-corrected chi connectivity index (χ3v) is 16.4. The molecule has 0 spiro atoms. The molecule has 2 aromatic rings. The predicted octanol–water partition coefficient (Wildman–Crippen LogP) is 6.09. The van der Waals surface area contributed by atoms with E-state index < -0.39 is 21.4 Å². The molecule has 0 aromatic heterocycles. The van der Waals surface area contributed by atoms with E-state index in [-0.39, 0.29) is 6.23 Å². The molecule has 2 aromatic carbocycles. The van der Waals surface area contributed by atoms with Crippen LogP contribution < -0.4 is 9.47 Å². The molecule has 172 valence electrons. The van der Waals surface area contributed by atoms with Gasteiger partial charge in [0.05, 0.1) is 0 Å². The van der Waals surface area contributed by atoms with Gasteiger partial charge in [-0.1, -0.05) is 0 Å². The van der Waals surface area contributed by atoms with Gasteiger partial charge in [-0.15, -0.1) is 0 Å². The number of methoxy groups -OCH3 is 2. The van der Waals surface area contributed by atoms with Crippen LogP contribution in [0.25, 0.3) is 3.33 Å². The molecule has 2 heterocycles. The Labute approximate surface area is 206 Å². The molecule has 4 nitrogen and oxygen atoms in total. The minimum atomic E-state index is -2.37. The Kier molecular flexibility index (Phi) is 8.13. The Hall–Kier alpha value is -2.27. The summed E-state index contributed by atoms with van der Waals surface area (Å²) in [7, 11) is 3.52. The Morgan fingerprint density at radius 1 is 0.939 bits per heavy atom. The maximum atomic E-state index is 6.24. The fourth-order valence-corrected chi connectivity index (χ4v) is 14.5. The van der Waals surface area contributed by atoms with Crippen molar-refractivity contribution in [3.63, 3.8) is 0 Å². The summed E-state index contributed by atoms with van der Waals surface area (Å²) in [6.45, 7) is 5.39. The summed E-state index contributed by atoms with van der Waals surface area (Å²) in [5.74, 6) is 1.82. The SMILES string of the molecule is CO[C]1=CC(C)=[C](c2ccc(OC)cc2)[In]1[CH2]c1ccc(OC(C)N2C=CCCCC2)cc1. The van der Waals surface area contributed by atoms with E-state index in [1.54, 1.807) is 7.11 Å². The molecule has 1 atom stereocenters. The molecular weight excluding hydrogens is 513 g/mol. The van der Waals surface area contributed by atoms with E-state index in [1.165, 1.54) is 36.4 Å². The number of rotatable bonds is 8. The van der Waals surface area contributed by atoms with Crippen LogP contribution in [-0.2, 0) is 8.91 Å². The van der Waals surface area contributed by atoms with Crippen molar-refractivity contribution in [3.8, 4) is 11.5 Å². The standard InChI is InChI=1S/C15H20NO.C13H14O2.In/c1-13-7-9-15(10-8-13)17-14(2)16-11-5-3-4-6-12-16;1-11(8-9-14-2)10-12-4-6-13(15-3)7-5-12;/h5,7-11,14H,1,3-4,6,12H2,2H3;4-8H,1-3H3;. The van der Waals surface area contributed by atoms with Crippen LogP contribution in [0, 0.1) is 0 Å². The first-order valence-corrected chi connectivity index (χ1v) is 17.5. The van der Waals surface area contributed by atoms with E-state index >= 15 is 0 Å². The Morgan fingerprint density at radius 3 is 2.36 bits per heavy atom. The third kappa shape index (κ3) is 5.81. The Balaban J connectivity index is 1.46. The number of hydrogen-bond acceptors (Lipinski definition) is 4. The molecule has 2 aliphatic rings. The molecule has 0 N–H and O–H groups in total. The van der Waals surface area contributed by atoms with Crippen molar-refractivity contribution >= 4 is 24.8 Å². The third-order valence-electron chi connectivity index (χ3n) is 6.58. The molecule has 0 saturated carbocycles. The Bertz CT molecular complexity index is 1020. The van der Waals surface area contributed by atoms with Gasteiger partial charge in [-0.3, -0.25) is 0 Å². The number of allylic oxidation sites excluding steroid dienone is 3. The van der Waals surface area contributed by atoms with Crippen molar-refractivity contribution in [1.29, 1.82) is 0 Å². The van der Waals surface area contributed by atoms with Crippen molar-refractivity contribution in [2.45, 2.75) is 43.5 Å². The molecule has 0 saturated heterocycles. The van der Waals surface area contributed by atoms with Crippen LogP contribution in [0.4, 0.5) is 0 Å². The fraction of sp³-hybridized carbons (Fsp3) is 0.357. The molecule has 0 amide bonds. The molecule has 0 fully saturated rings. The van der Waals surface area contributed by atoms with E-state index in [2.05, 4.69) is 85.6 Å². The first-order chi connectivity index (χ1) is 16.1. The van der Waals surface area contributed by atoms with Crippen LogP contribution in [0.15, 0.2) is 76.0 Å². The zero-order valence-electron chi connectivity index (χ0n) is 20.2. The topological polar surface area (TPSA) is 30.9 Å². The van der Waals surface area contributed by atoms with Gasteiger partial charge in [0, 0.05) is 0 Å². The van der Waals surface area contributed by atoms with Gasteiger partial charge in [0.2, 0.25) is 0 Å². The van der Waals surface area contributed by atoms with Gasteiger partial charge in [-0.05, 0) is 0 Å². The first-order valence-electron chi connectivity index (χ1n) is 11.9. The number of ether oxygens (including phenoxy) is 3. The average Bonchev–Trinajstić information content (AvgIpc) is 2.99. The van der Waals surface area contributed by atoms with Gasteiger partial charge >= 0.3 is 207 Å².